The zero-order valence-electron chi connectivity index (χ0n) is 17.6. The minimum Gasteiger partial charge on any atom is -0.504 e. The molecule has 0 radical (unpaired) electrons. The van der Waals surface area contributed by atoms with Gasteiger partial charge in [-0.2, -0.15) is 0 Å². The Kier molecular flexibility index (Phi) is 6.99. The van der Waals surface area contributed by atoms with Gasteiger partial charge < -0.3 is 20.6 Å². The number of aromatic hydroxyl groups is 1. The molecule has 2 aliphatic rings. The third-order valence-corrected chi connectivity index (χ3v) is 8.96. The Bertz CT molecular complexity index is 938. The Morgan fingerprint density at radius 3 is 2.40 bits per heavy atom. The number of carbonyl (C=O) groups excluding carboxylic acids is 1. The number of sulfone groups is 1. The summed E-state index contributed by atoms with van der Waals surface area (Å²) in [5.74, 6) is -0.508. The fourth-order valence-corrected chi connectivity index (χ4v) is 6.73. The van der Waals surface area contributed by atoms with Crippen molar-refractivity contribution >= 4 is 33.2 Å². The molecule has 0 bridgehead atoms. The molecule has 7 nitrogen and oxygen atoms in total. The lowest BCUT2D eigenvalue weighted by Gasteiger charge is -2.32. The minimum atomic E-state index is -3.84. The average Bonchev–Trinajstić information content (AvgIpc) is 3.08. The van der Waals surface area contributed by atoms with Crippen molar-refractivity contribution in [2.24, 2.45) is 0 Å². The van der Waals surface area contributed by atoms with E-state index in [0.717, 1.165) is 31.3 Å². The molecule has 2 aliphatic carbocycles. The number of rotatable bonds is 5. The molecule has 9 heteroatoms. The molecule has 30 heavy (non-hydrogen) atoms. The number of nitrogens with zero attached hydrogens (tertiary/aromatic N) is 1. The van der Waals surface area contributed by atoms with Crippen LogP contribution in [0.15, 0.2) is 28.7 Å². The monoisotopic (exact) mass is 455 g/mol. The molecular weight excluding hydrogens is 426 g/mol. The Balaban J connectivity index is 1.78. The van der Waals surface area contributed by atoms with E-state index in [4.69, 9.17) is 11.6 Å². The van der Waals surface area contributed by atoms with Crippen LogP contribution >= 0.6 is 11.6 Å². The maximum atomic E-state index is 13.3. The smallest absolute Gasteiger partial charge is 0.319 e. The molecular formula is C21H30ClN3O4S. The molecule has 3 N–H and O–H groups in total. The third kappa shape index (κ3) is 4.76. The van der Waals surface area contributed by atoms with Gasteiger partial charge in [-0.1, -0.05) is 23.3 Å². The minimum absolute atomic E-state index is 0.0251. The van der Waals surface area contributed by atoms with Crippen LogP contribution in [0.2, 0.25) is 5.02 Å². The van der Waals surface area contributed by atoms with E-state index >= 15 is 0 Å². The van der Waals surface area contributed by atoms with Gasteiger partial charge in [0.25, 0.3) is 0 Å². The van der Waals surface area contributed by atoms with Crippen LogP contribution in [0.3, 0.4) is 0 Å². The van der Waals surface area contributed by atoms with E-state index < -0.39 is 26.9 Å². The molecule has 1 saturated carbocycles. The molecule has 1 fully saturated rings. The summed E-state index contributed by atoms with van der Waals surface area (Å²) in [6, 6.07) is 2.61. The van der Waals surface area contributed by atoms with Crippen LogP contribution in [0.4, 0.5) is 10.5 Å². The van der Waals surface area contributed by atoms with Crippen LogP contribution in [0.25, 0.3) is 0 Å². The molecule has 1 atom stereocenters. The Hall–Kier alpha value is -1.77. The fourth-order valence-electron chi connectivity index (χ4n) is 4.31. The Labute approximate surface area is 183 Å². The van der Waals surface area contributed by atoms with Gasteiger partial charge in [0.2, 0.25) is 0 Å². The van der Waals surface area contributed by atoms with Gasteiger partial charge in [-0.25, -0.2) is 13.2 Å². The lowest BCUT2D eigenvalue weighted by Crippen LogP contribution is -2.37. The highest BCUT2D eigenvalue weighted by molar-refractivity contribution is 7.92. The van der Waals surface area contributed by atoms with Crippen LogP contribution in [0.1, 0.15) is 45.4 Å². The maximum Gasteiger partial charge on any atom is 0.319 e. The van der Waals surface area contributed by atoms with Gasteiger partial charge in [0.15, 0.2) is 15.6 Å². The van der Waals surface area contributed by atoms with Gasteiger partial charge in [0.1, 0.15) is 4.90 Å². The molecule has 1 aromatic carbocycles. The first-order chi connectivity index (χ1) is 14.1. The van der Waals surface area contributed by atoms with Crippen molar-refractivity contribution in [3.8, 4) is 5.75 Å². The number of halogens is 1. The van der Waals surface area contributed by atoms with Gasteiger partial charge in [0.05, 0.1) is 22.0 Å². The Morgan fingerprint density at radius 2 is 1.83 bits per heavy atom. The average molecular weight is 456 g/mol. The van der Waals surface area contributed by atoms with Crippen molar-refractivity contribution in [2.75, 3.05) is 19.4 Å². The van der Waals surface area contributed by atoms with Crippen LogP contribution in [-0.2, 0) is 9.84 Å². The molecule has 3 rings (SSSR count). The second kappa shape index (κ2) is 9.16. The molecule has 0 spiro atoms. The van der Waals surface area contributed by atoms with Crippen molar-refractivity contribution in [1.29, 1.82) is 0 Å². The van der Waals surface area contributed by atoms with Crippen molar-refractivity contribution in [1.82, 2.24) is 10.2 Å². The number of benzene rings is 1. The van der Waals surface area contributed by atoms with Crippen molar-refractivity contribution in [3.05, 3.63) is 28.8 Å². The fraction of sp³-hybridized carbons (Fsp3) is 0.571. The van der Waals surface area contributed by atoms with E-state index in [0.29, 0.717) is 18.9 Å². The SMILES string of the molecule is CC1=CCCC1NC(=O)Nc1ccc(Cl)c(S(=O)(=O)[C@H]2CC[C@@H](N(C)C)CC2)c1O. The second-order valence-electron chi connectivity index (χ2n) is 8.39. The quantitative estimate of drug-likeness (QED) is 0.461. The van der Waals surface area contributed by atoms with E-state index in [1.807, 2.05) is 21.0 Å². The summed E-state index contributed by atoms with van der Waals surface area (Å²) in [7, 11) is 0.139. The van der Waals surface area contributed by atoms with Gasteiger partial charge >= 0.3 is 6.03 Å². The summed E-state index contributed by atoms with van der Waals surface area (Å²) < 4.78 is 26.5. The van der Waals surface area contributed by atoms with E-state index in [2.05, 4.69) is 21.6 Å². The highest BCUT2D eigenvalue weighted by atomic mass is 35.5. The number of nitrogens with one attached hydrogen (secondary N) is 2. The number of hydrogen-bond acceptors (Lipinski definition) is 5. The number of amides is 2. The largest absolute Gasteiger partial charge is 0.504 e. The topological polar surface area (TPSA) is 98.7 Å². The zero-order chi connectivity index (χ0) is 22.1. The summed E-state index contributed by atoms with van der Waals surface area (Å²) in [5, 5.41) is 15.5. The number of allylic oxidation sites excluding steroid dienone is 1. The first-order valence-corrected chi connectivity index (χ1v) is 12.2. The number of carbonyl (C=O) groups is 1. The van der Waals surface area contributed by atoms with Crippen molar-refractivity contribution in [3.63, 3.8) is 0 Å². The van der Waals surface area contributed by atoms with Crippen LogP contribution in [-0.4, -0.2) is 55.9 Å². The number of phenols is 1. The predicted molar refractivity (Wildman–Crippen MR) is 119 cm³/mol. The zero-order valence-corrected chi connectivity index (χ0v) is 19.2. The van der Waals surface area contributed by atoms with Gasteiger partial charge in [0, 0.05) is 6.04 Å². The van der Waals surface area contributed by atoms with Crippen molar-refractivity contribution < 1.29 is 18.3 Å². The summed E-state index contributed by atoms with van der Waals surface area (Å²) in [6.45, 7) is 1.95. The van der Waals surface area contributed by atoms with Crippen LogP contribution < -0.4 is 10.6 Å². The molecule has 1 aromatic rings. The van der Waals surface area contributed by atoms with Gasteiger partial charge in [-0.15, -0.1) is 0 Å². The van der Waals surface area contributed by atoms with E-state index in [-0.39, 0.29) is 21.6 Å². The first kappa shape index (κ1) is 22.9. The summed E-state index contributed by atoms with van der Waals surface area (Å²) >= 11 is 6.19. The molecule has 0 aliphatic heterocycles. The molecule has 1 unspecified atom stereocenters. The third-order valence-electron chi connectivity index (χ3n) is 6.21. The number of phenolic OH excluding ortho intramolecular Hbond substituents is 1. The van der Waals surface area contributed by atoms with Crippen LogP contribution in [0, 0.1) is 0 Å². The van der Waals surface area contributed by atoms with E-state index in [1.165, 1.54) is 12.1 Å². The normalized spacial score (nSPS) is 24.6. The lowest BCUT2D eigenvalue weighted by atomic mass is 9.94. The van der Waals surface area contributed by atoms with Gasteiger partial charge in [-0.3, -0.25) is 0 Å². The maximum absolute atomic E-state index is 13.3. The summed E-state index contributed by atoms with van der Waals surface area (Å²) in [6.07, 6.45) is 6.34. The Morgan fingerprint density at radius 1 is 1.17 bits per heavy atom. The number of urea groups is 1. The molecule has 0 heterocycles. The summed E-state index contributed by atoms with van der Waals surface area (Å²) in [5.41, 5.74) is 1.11. The van der Waals surface area contributed by atoms with E-state index in [1.54, 1.807) is 0 Å². The van der Waals surface area contributed by atoms with E-state index in [9.17, 15) is 18.3 Å². The standard InChI is InChI=1S/C21H30ClN3O4S/c1-13-5-4-6-17(13)23-21(27)24-18-12-11-16(22)20(19(18)26)30(28,29)15-9-7-14(8-10-15)25(2)3/h5,11-12,14-15,17,26H,4,6-10H2,1-3H3,(H2,23,24,27)/t14-,15+,17?. The molecule has 166 valence electrons. The summed E-state index contributed by atoms with van der Waals surface area (Å²) in [4.78, 5) is 14.2. The number of anilines is 1. The van der Waals surface area contributed by atoms with Gasteiger partial charge in [-0.05, 0) is 71.7 Å². The highest BCUT2D eigenvalue weighted by Crippen LogP contribution is 2.41. The first-order valence-electron chi connectivity index (χ1n) is 10.3. The second-order valence-corrected chi connectivity index (χ2v) is 11.0. The predicted octanol–water partition coefficient (Wildman–Crippen LogP) is 3.92. The van der Waals surface area contributed by atoms with Crippen LogP contribution in [0.5, 0.6) is 5.75 Å². The molecule has 2 amide bonds. The van der Waals surface area contributed by atoms with Crippen molar-refractivity contribution in [2.45, 2.75) is 67.7 Å². The molecule has 0 saturated heterocycles. The molecule has 0 aromatic heterocycles. The highest BCUT2D eigenvalue weighted by Gasteiger charge is 2.36. The lowest BCUT2D eigenvalue weighted by molar-refractivity contribution is 0.230. The number of hydrogen-bond donors (Lipinski definition) is 3.